The van der Waals surface area contributed by atoms with Gasteiger partial charge in [0.2, 0.25) is 0 Å². The predicted octanol–water partition coefficient (Wildman–Crippen LogP) is 5.93. The van der Waals surface area contributed by atoms with Crippen molar-refractivity contribution in [2.75, 3.05) is 5.32 Å². The number of aromatic nitrogens is 1. The van der Waals surface area contributed by atoms with Gasteiger partial charge in [0.05, 0.1) is 21.3 Å². The standard InChI is InChI=1S/C23H21N3S2/c1-2-21-25-19-14-13-18(15-20(19)28-21)24-23(27)26-22(16-9-5-3-6-10-16)17-11-7-4-8-12-17/h3-15,22H,2H2,1H3,(H2,24,26,27). The highest BCUT2D eigenvalue weighted by molar-refractivity contribution is 7.80. The molecule has 140 valence electrons. The molecule has 0 aliphatic rings. The molecule has 0 atom stereocenters. The molecular formula is C23H21N3S2. The summed E-state index contributed by atoms with van der Waals surface area (Å²) in [4.78, 5) is 4.62. The van der Waals surface area contributed by atoms with E-state index in [9.17, 15) is 0 Å². The van der Waals surface area contributed by atoms with Gasteiger partial charge in [0.15, 0.2) is 5.11 Å². The third-order valence-electron chi connectivity index (χ3n) is 4.53. The maximum Gasteiger partial charge on any atom is 0.171 e. The van der Waals surface area contributed by atoms with Crippen LogP contribution in [-0.2, 0) is 6.42 Å². The van der Waals surface area contributed by atoms with Gasteiger partial charge >= 0.3 is 0 Å². The summed E-state index contributed by atoms with van der Waals surface area (Å²) in [5, 5.41) is 8.55. The number of anilines is 1. The first-order valence-electron chi connectivity index (χ1n) is 9.30. The van der Waals surface area contributed by atoms with Crippen molar-refractivity contribution in [3.8, 4) is 0 Å². The maximum atomic E-state index is 5.63. The lowest BCUT2D eigenvalue weighted by Gasteiger charge is -2.22. The Kier molecular flexibility index (Phi) is 5.65. The van der Waals surface area contributed by atoms with Crippen molar-refractivity contribution in [1.29, 1.82) is 0 Å². The van der Waals surface area contributed by atoms with Crippen LogP contribution in [0.3, 0.4) is 0 Å². The van der Waals surface area contributed by atoms with E-state index in [1.807, 2.05) is 48.5 Å². The van der Waals surface area contributed by atoms with Gasteiger partial charge in [0, 0.05) is 5.69 Å². The predicted molar refractivity (Wildman–Crippen MR) is 123 cm³/mol. The number of nitrogens with zero attached hydrogens (tertiary/aromatic N) is 1. The van der Waals surface area contributed by atoms with Crippen LogP contribution in [0.15, 0.2) is 78.9 Å². The van der Waals surface area contributed by atoms with E-state index in [0.29, 0.717) is 5.11 Å². The lowest BCUT2D eigenvalue weighted by molar-refractivity contribution is 0.769. The minimum Gasteiger partial charge on any atom is -0.352 e. The van der Waals surface area contributed by atoms with E-state index >= 15 is 0 Å². The van der Waals surface area contributed by atoms with Gasteiger partial charge in [0.1, 0.15) is 0 Å². The average molecular weight is 404 g/mol. The SMILES string of the molecule is CCc1nc2ccc(NC(=S)NC(c3ccccc3)c3ccccc3)cc2s1. The molecule has 0 spiro atoms. The van der Waals surface area contributed by atoms with Gasteiger partial charge < -0.3 is 10.6 Å². The number of hydrogen-bond donors (Lipinski definition) is 2. The summed E-state index contributed by atoms with van der Waals surface area (Å²) < 4.78 is 1.17. The van der Waals surface area contributed by atoms with E-state index in [1.54, 1.807) is 11.3 Å². The number of fused-ring (bicyclic) bond motifs is 1. The first-order valence-corrected chi connectivity index (χ1v) is 10.5. The lowest BCUT2D eigenvalue weighted by Crippen LogP contribution is -2.32. The number of aryl methyl sites for hydroxylation is 1. The Morgan fingerprint density at radius 2 is 1.61 bits per heavy atom. The third-order valence-corrected chi connectivity index (χ3v) is 5.92. The molecule has 0 radical (unpaired) electrons. The van der Waals surface area contributed by atoms with E-state index in [2.05, 4.69) is 52.9 Å². The number of thiocarbonyl (C=S) groups is 1. The van der Waals surface area contributed by atoms with Crippen LogP contribution in [-0.4, -0.2) is 10.1 Å². The zero-order valence-electron chi connectivity index (χ0n) is 15.6. The van der Waals surface area contributed by atoms with Gasteiger partial charge in [-0.2, -0.15) is 0 Å². The Labute approximate surface area is 174 Å². The van der Waals surface area contributed by atoms with Crippen molar-refractivity contribution in [1.82, 2.24) is 10.3 Å². The van der Waals surface area contributed by atoms with E-state index < -0.39 is 0 Å². The van der Waals surface area contributed by atoms with E-state index in [1.165, 1.54) is 15.8 Å². The molecule has 0 aliphatic heterocycles. The number of rotatable bonds is 5. The fraction of sp³-hybridized carbons (Fsp3) is 0.130. The van der Waals surface area contributed by atoms with Crippen LogP contribution in [0.5, 0.6) is 0 Å². The van der Waals surface area contributed by atoms with Crippen molar-refractivity contribution in [3.05, 3.63) is 95.0 Å². The molecule has 0 aliphatic carbocycles. The molecule has 0 saturated carbocycles. The van der Waals surface area contributed by atoms with E-state index in [0.717, 1.165) is 22.6 Å². The first-order chi connectivity index (χ1) is 13.7. The molecular weight excluding hydrogens is 382 g/mol. The summed E-state index contributed by atoms with van der Waals surface area (Å²) >= 11 is 7.36. The molecule has 2 N–H and O–H groups in total. The second-order valence-electron chi connectivity index (χ2n) is 6.50. The Hall–Kier alpha value is -2.76. The van der Waals surface area contributed by atoms with Crippen LogP contribution in [0, 0.1) is 0 Å². The molecule has 28 heavy (non-hydrogen) atoms. The van der Waals surface area contributed by atoms with Crippen molar-refractivity contribution in [2.45, 2.75) is 19.4 Å². The highest BCUT2D eigenvalue weighted by atomic mass is 32.1. The summed E-state index contributed by atoms with van der Waals surface area (Å²) in [6.07, 6.45) is 0.956. The van der Waals surface area contributed by atoms with Gasteiger partial charge in [-0.25, -0.2) is 4.98 Å². The van der Waals surface area contributed by atoms with Crippen LogP contribution in [0.4, 0.5) is 5.69 Å². The Balaban J connectivity index is 1.55. The summed E-state index contributed by atoms with van der Waals surface area (Å²) in [6.45, 7) is 2.13. The summed E-state index contributed by atoms with van der Waals surface area (Å²) in [5.41, 5.74) is 4.35. The minimum atomic E-state index is -0.0128. The van der Waals surface area contributed by atoms with Gasteiger partial charge in [-0.05, 0) is 48.0 Å². The zero-order chi connectivity index (χ0) is 19.3. The normalized spacial score (nSPS) is 10.9. The number of benzene rings is 3. The highest BCUT2D eigenvalue weighted by Crippen LogP contribution is 2.26. The quantitative estimate of drug-likeness (QED) is 0.405. The second-order valence-corrected chi connectivity index (χ2v) is 8.02. The van der Waals surface area contributed by atoms with Crippen LogP contribution in [0.1, 0.15) is 29.1 Å². The Morgan fingerprint density at radius 1 is 0.964 bits per heavy atom. The molecule has 0 fully saturated rings. The first kappa shape index (κ1) is 18.6. The number of hydrogen-bond acceptors (Lipinski definition) is 3. The van der Waals surface area contributed by atoms with Gasteiger partial charge in [-0.3, -0.25) is 0 Å². The molecule has 3 aromatic carbocycles. The highest BCUT2D eigenvalue weighted by Gasteiger charge is 2.15. The second kappa shape index (κ2) is 8.50. The fourth-order valence-electron chi connectivity index (χ4n) is 3.15. The fourth-order valence-corrected chi connectivity index (χ4v) is 4.33. The molecule has 0 unspecified atom stereocenters. The third kappa shape index (κ3) is 4.21. The molecule has 4 aromatic rings. The van der Waals surface area contributed by atoms with Crippen LogP contribution in [0.25, 0.3) is 10.2 Å². The van der Waals surface area contributed by atoms with Crippen molar-refractivity contribution in [2.24, 2.45) is 0 Å². The van der Waals surface area contributed by atoms with Crippen molar-refractivity contribution >= 4 is 44.6 Å². The molecule has 4 rings (SSSR count). The van der Waals surface area contributed by atoms with Crippen LogP contribution >= 0.6 is 23.6 Å². The monoisotopic (exact) mass is 403 g/mol. The molecule has 1 heterocycles. The largest absolute Gasteiger partial charge is 0.352 e. The number of nitrogens with one attached hydrogen (secondary N) is 2. The molecule has 1 aromatic heterocycles. The van der Waals surface area contributed by atoms with Crippen LogP contribution < -0.4 is 10.6 Å². The minimum absolute atomic E-state index is 0.0128. The molecule has 0 amide bonds. The van der Waals surface area contributed by atoms with E-state index in [4.69, 9.17) is 12.2 Å². The number of thiazole rings is 1. The van der Waals surface area contributed by atoms with E-state index in [-0.39, 0.29) is 6.04 Å². The average Bonchev–Trinajstić information content (AvgIpc) is 3.16. The lowest BCUT2D eigenvalue weighted by atomic mass is 9.99. The van der Waals surface area contributed by atoms with Gasteiger partial charge in [-0.15, -0.1) is 11.3 Å². The molecule has 0 bridgehead atoms. The van der Waals surface area contributed by atoms with Crippen molar-refractivity contribution < 1.29 is 0 Å². The van der Waals surface area contributed by atoms with Crippen molar-refractivity contribution in [3.63, 3.8) is 0 Å². The smallest absolute Gasteiger partial charge is 0.171 e. The summed E-state index contributed by atoms with van der Waals surface area (Å²) in [6, 6.07) is 26.9. The van der Waals surface area contributed by atoms with Crippen LogP contribution in [0.2, 0.25) is 0 Å². The Bertz CT molecular complexity index is 1040. The summed E-state index contributed by atoms with van der Waals surface area (Å²) in [5.74, 6) is 0. The van der Waals surface area contributed by atoms with Gasteiger partial charge in [-0.1, -0.05) is 67.6 Å². The zero-order valence-corrected chi connectivity index (χ0v) is 17.2. The maximum absolute atomic E-state index is 5.63. The Morgan fingerprint density at radius 3 is 2.21 bits per heavy atom. The topological polar surface area (TPSA) is 37.0 Å². The molecule has 5 heteroatoms. The molecule has 0 saturated heterocycles. The van der Waals surface area contributed by atoms with Gasteiger partial charge in [0.25, 0.3) is 0 Å². The summed E-state index contributed by atoms with van der Waals surface area (Å²) in [7, 11) is 0. The molecule has 3 nitrogen and oxygen atoms in total.